The number of nitrogens with one attached hydrogen (secondary N) is 1. The molecule has 1 heterocycles. The fraction of sp³-hybridized carbons (Fsp3) is 0.944. The smallest absolute Gasteiger partial charge is 0.193 e. The van der Waals surface area contributed by atoms with Gasteiger partial charge in [-0.1, -0.05) is 32.1 Å². The molecule has 0 bridgehead atoms. The molecule has 0 spiro atoms. The standard InChI is InChI=1S/C18H35N3O.HI/c1-3-19-18(21-12-11-17(14-21)15-22-2)20-13-16-9-7-5-4-6-8-10-16;/h16-17H,3-15H2,1-2H3,(H,19,20);1H. The second-order valence-electron chi connectivity index (χ2n) is 6.96. The summed E-state index contributed by atoms with van der Waals surface area (Å²) in [5.41, 5.74) is 0. The van der Waals surface area contributed by atoms with Crippen molar-refractivity contribution in [2.24, 2.45) is 16.8 Å². The van der Waals surface area contributed by atoms with Crippen molar-refractivity contribution in [2.75, 3.05) is 39.9 Å². The summed E-state index contributed by atoms with van der Waals surface area (Å²) in [6.07, 6.45) is 11.0. The zero-order chi connectivity index (χ0) is 15.6. The molecule has 2 fully saturated rings. The Hall–Kier alpha value is -0.0400. The summed E-state index contributed by atoms with van der Waals surface area (Å²) >= 11 is 0. The van der Waals surface area contributed by atoms with Crippen LogP contribution in [0, 0.1) is 11.8 Å². The van der Waals surface area contributed by atoms with E-state index in [2.05, 4.69) is 17.1 Å². The molecule has 23 heavy (non-hydrogen) atoms. The number of guanidine groups is 1. The summed E-state index contributed by atoms with van der Waals surface area (Å²) in [4.78, 5) is 7.40. The lowest BCUT2D eigenvalue weighted by Gasteiger charge is -2.23. The lowest BCUT2D eigenvalue weighted by atomic mass is 9.91. The van der Waals surface area contributed by atoms with Crippen LogP contribution in [0.2, 0.25) is 0 Å². The maximum absolute atomic E-state index is 5.31. The van der Waals surface area contributed by atoms with Gasteiger partial charge in [-0.3, -0.25) is 4.99 Å². The van der Waals surface area contributed by atoms with Gasteiger partial charge in [0, 0.05) is 39.2 Å². The third-order valence-corrected chi connectivity index (χ3v) is 5.05. The van der Waals surface area contributed by atoms with Gasteiger partial charge in [-0.2, -0.15) is 0 Å². The van der Waals surface area contributed by atoms with E-state index < -0.39 is 0 Å². The highest BCUT2D eigenvalue weighted by atomic mass is 127. The molecular formula is C18H36IN3O. The minimum atomic E-state index is 0. The number of methoxy groups -OCH3 is 1. The van der Waals surface area contributed by atoms with Crippen molar-refractivity contribution >= 4 is 29.9 Å². The van der Waals surface area contributed by atoms with Crippen molar-refractivity contribution in [3.8, 4) is 0 Å². The van der Waals surface area contributed by atoms with E-state index in [1.165, 1.54) is 51.4 Å². The first-order chi connectivity index (χ1) is 10.8. The van der Waals surface area contributed by atoms with E-state index in [-0.39, 0.29) is 24.0 Å². The first-order valence-electron chi connectivity index (χ1n) is 9.35. The SMILES string of the molecule is CCNC(=NCC1CCCCCCC1)N1CCC(COC)C1.I. The molecule has 4 nitrogen and oxygen atoms in total. The molecule has 2 rings (SSSR count). The Morgan fingerprint density at radius 2 is 1.78 bits per heavy atom. The van der Waals surface area contributed by atoms with Crippen molar-refractivity contribution in [3.05, 3.63) is 0 Å². The van der Waals surface area contributed by atoms with Crippen LogP contribution in [0.1, 0.15) is 58.3 Å². The second-order valence-corrected chi connectivity index (χ2v) is 6.96. The molecule has 1 atom stereocenters. The molecule has 136 valence electrons. The Labute approximate surface area is 159 Å². The van der Waals surface area contributed by atoms with Gasteiger partial charge in [0.2, 0.25) is 0 Å². The van der Waals surface area contributed by atoms with Crippen molar-refractivity contribution in [3.63, 3.8) is 0 Å². The molecule has 5 heteroatoms. The maximum Gasteiger partial charge on any atom is 0.193 e. The molecule has 0 aromatic heterocycles. The monoisotopic (exact) mass is 437 g/mol. The van der Waals surface area contributed by atoms with E-state index in [9.17, 15) is 0 Å². The molecular weight excluding hydrogens is 401 g/mol. The highest BCUT2D eigenvalue weighted by Gasteiger charge is 2.24. The molecule has 0 radical (unpaired) electrons. The average molecular weight is 437 g/mol. The Morgan fingerprint density at radius 1 is 1.09 bits per heavy atom. The first-order valence-corrected chi connectivity index (χ1v) is 9.35. The summed E-state index contributed by atoms with van der Waals surface area (Å²) in [6, 6.07) is 0. The van der Waals surface area contributed by atoms with Crippen LogP contribution in [-0.4, -0.2) is 50.8 Å². The van der Waals surface area contributed by atoms with Gasteiger partial charge in [0.1, 0.15) is 0 Å². The van der Waals surface area contributed by atoms with Crippen LogP contribution in [0.5, 0.6) is 0 Å². The van der Waals surface area contributed by atoms with Crippen molar-refractivity contribution in [1.29, 1.82) is 0 Å². The zero-order valence-electron chi connectivity index (χ0n) is 15.1. The van der Waals surface area contributed by atoms with Crippen molar-refractivity contribution in [1.82, 2.24) is 10.2 Å². The maximum atomic E-state index is 5.31. The predicted molar refractivity (Wildman–Crippen MR) is 109 cm³/mol. The fourth-order valence-corrected chi connectivity index (χ4v) is 3.76. The zero-order valence-corrected chi connectivity index (χ0v) is 17.4. The van der Waals surface area contributed by atoms with E-state index in [0.717, 1.165) is 44.7 Å². The van der Waals surface area contributed by atoms with E-state index in [1.54, 1.807) is 7.11 Å². The summed E-state index contributed by atoms with van der Waals surface area (Å²) in [5.74, 6) is 2.59. The largest absolute Gasteiger partial charge is 0.384 e. The third-order valence-electron chi connectivity index (χ3n) is 5.05. The fourth-order valence-electron chi connectivity index (χ4n) is 3.76. The van der Waals surface area contributed by atoms with Gasteiger partial charge in [-0.15, -0.1) is 24.0 Å². The van der Waals surface area contributed by atoms with Gasteiger partial charge >= 0.3 is 0 Å². The van der Waals surface area contributed by atoms with Gasteiger partial charge in [-0.25, -0.2) is 0 Å². The number of halogens is 1. The van der Waals surface area contributed by atoms with Crippen molar-refractivity contribution in [2.45, 2.75) is 58.3 Å². The van der Waals surface area contributed by atoms with E-state index in [0.29, 0.717) is 5.92 Å². The van der Waals surface area contributed by atoms with Crippen LogP contribution in [0.15, 0.2) is 4.99 Å². The number of hydrogen-bond acceptors (Lipinski definition) is 2. The van der Waals surface area contributed by atoms with Crippen LogP contribution < -0.4 is 5.32 Å². The molecule has 1 aliphatic heterocycles. The first kappa shape index (κ1) is 21.0. The minimum Gasteiger partial charge on any atom is -0.384 e. The normalized spacial score (nSPS) is 24.0. The second kappa shape index (κ2) is 12.3. The summed E-state index contributed by atoms with van der Waals surface area (Å²) in [6.45, 7) is 7.20. The lowest BCUT2D eigenvalue weighted by molar-refractivity contribution is 0.157. The van der Waals surface area contributed by atoms with E-state index >= 15 is 0 Å². The van der Waals surface area contributed by atoms with E-state index in [1.807, 2.05) is 0 Å². The van der Waals surface area contributed by atoms with Gasteiger partial charge in [0.05, 0.1) is 6.61 Å². The molecule has 1 aliphatic carbocycles. The Kier molecular flexibility index (Phi) is 11.3. The average Bonchev–Trinajstić information content (AvgIpc) is 2.94. The molecule has 1 N–H and O–H groups in total. The molecule has 1 unspecified atom stereocenters. The lowest BCUT2D eigenvalue weighted by Crippen LogP contribution is -2.40. The molecule has 1 saturated heterocycles. The number of nitrogens with zero attached hydrogens (tertiary/aromatic N) is 2. The summed E-state index contributed by atoms with van der Waals surface area (Å²) in [7, 11) is 1.80. The number of rotatable bonds is 5. The number of hydrogen-bond donors (Lipinski definition) is 1. The Bertz CT molecular complexity index is 330. The van der Waals surface area contributed by atoms with Gasteiger partial charge in [0.15, 0.2) is 5.96 Å². The van der Waals surface area contributed by atoms with E-state index in [4.69, 9.17) is 9.73 Å². The van der Waals surface area contributed by atoms with Crippen LogP contribution in [0.4, 0.5) is 0 Å². The highest BCUT2D eigenvalue weighted by Crippen LogP contribution is 2.23. The van der Waals surface area contributed by atoms with Crippen molar-refractivity contribution < 1.29 is 4.74 Å². The van der Waals surface area contributed by atoms with Gasteiger partial charge in [-0.05, 0) is 32.1 Å². The molecule has 0 aromatic carbocycles. The topological polar surface area (TPSA) is 36.9 Å². The number of aliphatic imine (C=N–C) groups is 1. The Morgan fingerprint density at radius 3 is 2.43 bits per heavy atom. The number of ether oxygens (including phenoxy) is 1. The third kappa shape index (κ3) is 7.59. The summed E-state index contributed by atoms with van der Waals surface area (Å²) in [5, 5.41) is 3.49. The highest BCUT2D eigenvalue weighted by molar-refractivity contribution is 14.0. The number of likely N-dealkylation sites (tertiary alicyclic amines) is 1. The molecule has 1 saturated carbocycles. The minimum absolute atomic E-state index is 0. The predicted octanol–water partition coefficient (Wildman–Crippen LogP) is 3.90. The molecule has 0 amide bonds. The molecule has 0 aromatic rings. The quantitative estimate of drug-likeness (QED) is 0.403. The molecule has 2 aliphatic rings. The Balaban J connectivity index is 0.00000264. The van der Waals surface area contributed by atoms with Crippen LogP contribution in [0.3, 0.4) is 0 Å². The van der Waals surface area contributed by atoms with Crippen LogP contribution in [-0.2, 0) is 4.74 Å². The van der Waals surface area contributed by atoms with Gasteiger partial charge < -0.3 is 15.0 Å². The van der Waals surface area contributed by atoms with Crippen LogP contribution >= 0.6 is 24.0 Å². The van der Waals surface area contributed by atoms with Crippen LogP contribution in [0.25, 0.3) is 0 Å². The van der Waals surface area contributed by atoms with Gasteiger partial charge in [0.25, 0.3) is 0 Å². The summed E-state index contributed by atoms with van der Waals surface area (Å²) < 4.78 is 5.31.